The summed E-state index contributed by atoms with van der Waals surface area (Å²) in [6.45, 7) is 4.87. The van der Waals surface area contributed by atoms with Crippen LogP contribution in [-0.2, 0) is 16.1 Å². The Bertz CT molecular complexity index is 1230. The Balaban J connectivity index is 1.12. The number of aromatic nitrogens is 2. The predicted molar refractivity (Wildman–Crippen MR) is 136 cm³/mol. The molecule has 1 N–H and O–H groups in total. The lowest BCUT2D eigenvalue weighted by Crippen LogP contribution is -2.37. The molecule has 0 radical (unpaired) electrons. The van der Waals surface area contributed by atoms with Gasteiger partial charge in [-0.15, -0.1) is 0 Å². The molecular formula is C27H31N5O4. The Morgan fingerprint density at radius 1 is 1.14 bits per heavy atom. The molecule has 0 bridgehead atoms. The number of amides is 2. The Morgan fingerprint density at radius 3 is 2.58 bits per heavy atom. The highest BCUT2D eigenvalue weighted by atomic mass is 16.5. The van der Waals surface area contributed by atoms with Gasteiger partial charge in [-0.3, -0.25) is 14.5 Å². The second-order valence-electron chi connectivity index (χ2n) is 9.43. The minimum atomic E-state index is -0.0427. The van der Waals surface area contributed by atoms with E-state index in [4.69, 9.17) is 9.26 Å². The predicted octanol–water partition coefficient (Wildman–Crippen LogP) is 4.03. The monoisotopic (exact) mass is 489 g/mol. The molecule has 2 fully saturated rings. The molecule has 2 aliphatic rings. The van der Waals surface area contributed by atoms with E-state index in [1.165, 1.54) is 0 Å². The van der Waals surface area contributed by atoms with E-state index in [2.05, 4.69) is 20.4 Å². The van der Waals surface area contributed by atoms with E-state index in [0.717, 1.165) is 67.1 Å². The molecule has 2 saturated heterocycles. The second-order valence-corrected chi connectivity index (χ2v) is 9.43. The summed E-state index contributed by atoms with van der Waals surface area (Å²) in [4.78, 5) is 33.6. The summed E-state index contributed by atoms with van der Waals surface area (Å²) in [6, 6.07) is 13.3. The number of hydrogen-bond acceptors (Lipinski definition) is 7. The lowest BCUT2D eigenvalue weighted by molar-refractivity contribution is -0.121. The van der Waals surface area contributed by atoms with Crippen LogP contribution in [-0.4, -0.2) is 53.6 Å². The summed E-state index contributed by atoms with van der Waals surface area (Å²) in [5, 5.41) is 7.17. The maximum absolute atomic E-state index is 12.9. The van der Waals surface area contributed by atoms with Crippen molar-refractivity contribution in [2.45, 2.75) is 39.2 Å². The molecule has 0 aliphatic carbocycles. The fourth-order valence-corrected chi connectivity index (χ4v) is 4.90. The van der Waals surface area contributed by atoms with Gasteiger partial charge in [-0.25, -0.2) is 0 Å². The van der Waals surface area contributed by atoms with Gasteiger partial charge < -0.3 is 19.5 Å². The number of carbonyl (C=O) groups is 2. The summed E-state index contributed by atoms with van der Waals surface area (Å²) in [6.07, 6.45) is 3.04. The zero-order chi connectivity index (χ0) is 25.1. The molecule has 3 aromatic rings. The third-order valence-corrected chi connectivity index (χ3v) is 6.96. The molecule has 5 rings (SSSR count). The molecular weight excluding hydrogens is 458 g/mol. The van der Waals surface area contributed by atoms with Crippen molar-refractivity contribution >= 4 is 23.2 Å². The molecule has 9 nitrogen and oxygen atoms in total. The van der Waals surface area contributed by atoms with Gasteiger partial charge in [-0.1, -0.05) is 5.16 Å². The zero-order valence-electron chi connectivity index (χ0n) is 20.7. The average Bonchev–Trinajstić information content (AvgIpc) is 3.53. The molecule has 2 aromatic carbocycles. The summed E-state index contributed by atoms with van der Waals surface area (Å²) in [7, 11) is 1.63. The zero-order valence-corrected chi connectivity index (χ0v) is 20.7. The second kappa shape index (κ2) is 10.5. The molecule has 3 heterocycles. The highest BCUT2D eigenvalue weighted by Gasteiger charge is 2.27. The molecule has 188 valence electrons. The first kappa shape index (κ1) is 24.0. The fraction of sp³-hybridized carbons (Fsp3) is 0.407. The smallest absolute Gasteiger partial charge is 0.241 e. The molecule has 0 saturated carbocycles. The number of anilines is 2. The van der Waals surface area contributed by atoms with Crippen LogP contribution >= 0.6 is 0 Å². The molecule has 1 aromatic heterocycles. The number of piperidine rings is 1. The maximum Gasteiger partial charge on any atom is 0.241 e. The summed E-state index contributed by atoms with van der Waals surface area (Å²) in [5.41, 5.74) is 3.56. The Labute approximate surface area is 210 Å². The van der Waals surface area contributed by atoms with Crippen molar-refractivity contribution in [3.63, 3.8) is 0 Å². The van der Waals surface area contributed by atoms with Crippen molar-refractivity contribution in [2.75, 3.05) is 37.0 Å². The largest absolute Gasteiger partial charge is 0.497 e. The van der Waals surface area contributed by atoms with Crippen LogP contribution in [0.5, 0.6) is 5.75 Å². The highest BCUT2D eigenvalue weighted by Crippen LogP contribution is 2.28. The normalized spacial score (nSPS) is 16.9. The van der Waals surface area contributed by atoms with Gasteiger partial charge in [0, 0.05) is 35.8 Å². The minimum Gasteiger partial charge on any atom is -0.497 e. The number of likely N-dealkylation sites (tertiary alicyclic amines) is 1. The van der Waals surface area contributed by atoms with Gasteiger partial charge in [0.15, 0.2) is 0 Å². The maximum atomic E-state index is 12.9. The number of nitrogens with one attached hydrogen (secondary N) is 1. The Hall–Kier alpha value is -3.72. The van der Waals surface area contributed by atoms with Gasteiger partial charge in [0.25, 0.3) is 0 Å². The van der Waals surface area contributed by atoms with Crippen LogP contribution in [0.15, 0.2) is 47.0 Å². The van der Waals surface area contributed by atoms with Crippen molar-refractivity contribution in [1.82, 2.24) is 15.0 Å². The van der Waals surface area contributed by atoms with Crippen molar-refractivity contribution in [2.24, 2.45) is 5.92 Å². The van der Waals surface area contributed by atoms with Crippen molar-refractivity contribution < 1.29 is 18.8 Å². The van der Waals surface area contributed by atoms with E-state index in [9.17, 15) is 9.59 Å². The van der Waals surface area contributed by atoms with Crippen LogP contribution in [0, 0.1) is 12.8 Å². The number of methoxy groups -OCH3 is 1. The van der Waals surface area contributed by atoms with Gasteiger partial charge >= 0.3 is 0 Å². The lowest BCUT2D eigenvalue weighted by Gasteiger charge is -2.30. The van der Waals surface area contributed by atoms with E-state index < -0.39 is 0 Å². The fourth-order valence-electron chi connectivity index (χ4n) is 4.90. The molecule has 0 spiro atoms. The molecule has 0 atom stereocenters. The van der Waals surface area contributed by atoms with Gasteiger partial charge in [0.1, 0.15) is 5.75 Å². The first-order valence-electron chi connectivity index (χ1n) is 12.4. The van der Waals surface area contributed by atoms with Crippen LogP contribution in [0.2, 0.25) is 0 Å². The summed E-state index contributed by atoms with van der Waals surface area (Å²) >= 11 is 0. The van der Waals surface area contributed by atoms with Crippen molar-refractivity contribution in [3.8, 4) is 17.1 Å². The molecule has 36 heavy (non-hydrogen) atoms. The number of rotatable bonds is 7. The number of aryl methyl sites for hydroxylation is 1. The number of hydrogen-bond donors (Lipinski definition) is 1. The number of nitrogens with zero attached hydrogens (tertiary/aromatic N) is 4. The third kappa shape index (κ3) is 5.26. The van der Waals surface area contributed by atoms with Gasteiger partial charge in [0.2, 0.25) is 23.5 Å². The summed E-state index contributed by atoms with van der Waals surface area (Å²) in [5.74, 6) is 2.06. The highest BCUT2D eigenvalue weighted by molar-refractivity contribution is 5.97. The molecule has 9 heteroatoms. The van der Waals surface area contributed by atoms with E-state index in [1.54, 1.807) is 7.11 Å². The van der Waals surface area contributed by atoms with Crippen LogP contribution < -0.4 is 15.0 Å². The standard InChI is InChI=1S/C27H31N5O4/c1-18-16-21(7-10-23(18)32-13-3-4-25(32)33)28-27(34)20-11-14-31(15-12-20)17-24-29-26(30-36-24)19-5-8-22(35-2)9-6-19/h5-10,16,20H,3-4,11-15,17H2,1-2H3,(H,28,34). The quantitative estimate of drug-likeness (QED) is 0.535. The van der Waals surface area contributed by atoms with Crippen molar-refractivity contribution in [1.29, 1.82) is 0 Å². The van der Waals surface area contributed by atoms with Crippen LogP contribution in [0.3, 0.4) is 0 Å². The van der Waals surface area contributed by atoms with E-state index in [-0.39, 0.29) is 17.7 Å². The average molecular weight is 490 g/mol. The number of benzene rings is 2. The van der Waals surface area contributed by atoms with Gasteiger partial charge in [0.05, 0.1) is 13.7 Å². The van der Waals surface area contributed by atoms with Crippen molar-refractivity contribution in [3.05, 3.63) is 53.9 Å². The molecule has 0 unspecified atom stereocenters. The van der Waals surface area contributed by atoms with Crippen LogP contribution in [0.1, 0.15) is 37.1 Å². The van der Waals surface area contributed by atoms with E-state index >= 15 is 0 Å². The third-order valence-electron chi connectivity index (χ3n) is 6.96. The molecule has 2 aliphatic heterocycles. The first-order chi connectivity index (χ1) is 17.5. The van der Waals surface area contributed by atoms with Crippen LogP contribution in [0.4, 0.5) is 11.4 Å². The lowest BCUT2D eigenvalue weighted by atomic mass is 9.95. The van der Waals surface area contributed by atoms with E-state index in [1.807, 2.05) is 54.3 Å². The first-order valence-corrected chi connectivity index (χ1v) is 12.4. The summed E-state index contributed by atoms with van der Waals surface area (Å²) < 4.78 is 10.6. The number of ether oxygens (including phenoxy) is 1. The van der Waals surface area contributed by atoms with Crippen LogP contribution in [0.25, 0.3) is 11.4 Å². The Morgan fingerprint density at radius 2 is 1.92 bits per heavy atom. The van der Waals surface area contributed by atoms with E-state index in [0.29, 0.717) is 24.7 Å². The van der Waals surface area contributed by atoms with Gasteiger partial charge in [-0.05, 0) is 87.3 Å². The van der Waals surface area contributed by atoms with Gasteiger partial charge in [-0.2, -0.15) is 4.98 Å². The topological polar surface area (TPSA) is 101 Å². The minimum absolute atomic E-state index is 0.0404. The Kier molecular flexibility index (Phi) is 6.99. The molecule has 2 amide bonds. The number of carbonyl (C=O) groups excluding carboxylic acids is 2. The SMILES string of the molecule is COc1ccc(-c2noc(CN3CCC(C(=O)Nc4ccc(N5CCCC5=O)c(C)c4)CC3)n2)cc1.